The minimum absolute atomic E-state index is 0.0405. The predicted molar refractivity (Wildman–Crippen MR) is 93.9 cm³/mol. The fraction of sp³-hybridized carbons (Fsp3) is 0.526. The van der Waals surface area contributed by atoms with Crippen molar-refractivity contribution in [3.63, 3.8) is 0 Å². The average Bonchev–Trinajstić information content (AvgIpc) is 3.28. The van der Waals surface area contributed by atoms with Crippen molar-refractivity contribution in [2.45, 2.75) is 44.7 Å². The highest BCUT2D eigenvalue weighted by Gasteiger charge is 2.39. The van der Waals surface area contributed by atoms with Crippen LogP contribution in [0.1, 0.15) is 43.1 Å². The summed E-state index contributed by atoms with van der Waals surface area (Å²) in [7, 11) is 0. The lowest BCUT2D eigenvalue weighted by molar-refractivity contribution is 0.0644. The molecule has 0 bridgehead atoms. The number of para-hydroxylation sites is 2. The van der Waals surface area contributed by atoms with E-state index >= 15 is 0 Å². The monoisotopic (exact) mass is 324 g/mol. The molecule has 24 heavy (non-hydrogen) atoms. The van der Waals surface area contributed by atoms with Crippen LogP contribution in [0.25, 0.3) is 11.0 Å². The number of hydrogen-bond acceptors (Lipinski definition) is 4. The van der Waals surface area contributed by atoms with Crippen LogP contribution in [0.3, 0.4) is 0 Å². The lowest BCUT2D eigenvalue weighted by atomic mass is 10.0. The van der Waals surface area contributed by atoms with Gasteiger partial charge in [-0.2, -0.15) is 0 Å². The van der Waals surface area contributed by atoms with E-state index in [9.17, 15) is 4.79 Å². The number of amides is 1. The summed E-state index contributed by atoms with van der Waals surface area (Å²) in [5, 5.41) is 0. The van der Waals surface area contributed by atoms with Gasteiger partial charge in [-0.1, -0.05) is 19.1 Å². The van der Waals surface area contributed by atoms with E-state index in [1.807, 2.05) is 24.3 Å². The molecular weight excluding hydrogens is 300 g/mol. The van der Waals surface area contributed by atoms with Gasteiger partial charge < -0.3 is 4.90 Å². The average molecular weight is 324 g/mol. The van der Waals surface area contributed by atoms with Crippen LogP contribution in [0, 0.1) is 0 Å². The van der Waals surface area contributed by atoms with Crippen molar-refractivity contribution in [1.29, 1.82) is 0 Å². The quantitative estimate of drug-likeness (QED) is 0.871. The number of likely N-dealkylation sites (N-methyl/N-ethyl adjacent to an activating group) is 1. The van der Waals surface area contributed by atoms with Gasteiger partial charge in [-0.3, -0.25) is 14.7 Å². The summed E-state index contributed by atoms with van der Waals surface area (Å²) in [6, 6.07) is 8.54. The Balaban J connectivity index is 1.60. The molecule has 2 fully saturated rings. The third-order valence-electron chi connectivity index (χ3n) is 5.49. The number of aromatic nitrogens is 2. The zero-order chi connectivity index (χ0) is 16.5. The molecule has 0 aliphatic carbocycles. The summed E-state index contributed by atoms with van der Waals surface area (Å²) in [6.45, 7) is 5.29. The molecular formula is C19H24N4O. The van der Waals surface area contributed by atoms with Gasteiger partial charge >= 0.3 is 0 Å². The second-order valence-electron chi connectivity index (χ2n) is 6.79. The molecule has 2 aliphatic rings. The third kappa shape index (κ3) is 2.67. The predicted octanol–water partition coefficient (Wildman–Crippen LogP) is 2.72. The Kier molecular flexibility index (Phi) is 4.19. The Morgan fingerprint density at radius 1 is 1.12 bits per heavy atom. The first-order valence-electron chi connectivity index (χ1n) is 9.04. The number of carbonyl (C=O) groups excluding carboxylic acids is 1. The molecule has 0 N–H and O–H groups in total. The SMILES string of the molecule is CCN1CCC[C@H]1[C@H]1CCCN1C(=O)c1cnc2ccccc2n1. The molecule has 0 spiro atoms. The van der Waals surface area contributed by atoms with E-state index in [0.717, 1.165) is 43.5 Å². The van der Waals surface area contributed by atoms with Gasteiger partial charge in [0.1, 0.15) is 5.69 Å². The highest BCUT2D eigenvalue weighted by Crippen LogP contribution is 2.30. The van der Waals surface area contributed by atoms with Crippen LogP contribution in [0.15, 0.2) is 30.5 Å². The Morgan fingerprint density at radius 3 is 2.71 bits per heavy atom. The first-order valence-corrected chi connectivity index (χ1v) is 9.04. The molecule has 4 rings (SSSR count). The first-order chi connectivity index (χ1) is 11.8. The molecule has 2 atom stereocenters. The Hall–Kier alpha value is -2.01. The van der Waals surface area contributed by atoms with Gasteiger partial charge in [0.15, 0.2) is 0 Å². The largest absolute Gasteiger partial charge is 0.333 e. The van der Waals surface area contributed by atoms with Gasteiger partial charge in [0, 0.05) is 18.6 Å². The van der Waals surface area contributed by atoms with Crippen LogP contribution >= 0.6 is 0 Å². The topological polar surface area (TPSA) is 49.3 Å². The zero-order valence-corrected chi connectivity index (χ0v) is 14.2. The number of likely N-dealkylation sites (tertiary alicyclic amines) is 2. The Bertz CT molecular complexity index is 747. The van der Waals surface area contributed by atoms with Crippen molar-refractivity contribution in [1.82, 2.24) is 19.8 Å². The maximum absolute atomic E-state index is 13.1. The van der Waals surface area contributed by atoms with Gasteiger partial charge in [-0.05, 0) is 50.9 Å². The summed E-state index contributed by atoms with van der Waals surface area (Å²) < 4.78 is 0. The Labute approximate surface area is 142 Å². The molecule has 2 aromatic rings. The summed E-state index contributed by atoms with van der Waals surface area (Å²) in [5.41, 5.74) is 2.09. The van der Waals surface area contributed by atoms with Gasteiger partial charge in [-0.15, -0.1) is 0 Å². The lowest BCUT2D eigenvalue weighted by Gasteiger charge is -2.34. The number of nitrogens with zero attached hydrogens (tertiary/aromatic N) is 4. The van der Waals surface area contributed by atoms with Crippen LogP contribution in [-0.4, -0.2) is 57.4 Å². The molecule has 0 saturated carbocycles. The highest BCUT2D eigenvalue weighted by atomic mass is 16.2. The number of carbonyl (C=O) groups is 1. The van der Waals surface area contributed by atoms with Gasteiger partial charge in [0.2, 0.25) is 0 Å². The first kappa shape index (κ1) is 15.5. The maximum Gasteiger partial charge on any atom is 0.274 e. The molecule has 3 heterocycles. The number of hydrogen-bond donors (Lipinski definition) is 0. The molecule has 2 aliphatic heterocycles. The van der Waals surface area contributed by atoms with Gasteiger partial charge in [0.25, 0.3) is 5.91 Å². The highest BCUT2D eigenvalue weighted by molar-refractivity contribution is 5.94. The zero-order valence-electron chi connectivity index (χ0n) is 14.2. The van der Waals surface area contributed by atoms with Crippen LogP contribution in [0.4, 0.5) is 0 Å². The van der Waals surface area contributed by atoms with Crippen LogP contribution in [-0.2, 0) is 0 Å². The van der Waals surface area contributed by atoms with E-state index in [-0.39, 0.29) is 5.91 Å². The molecule has 1 amide bonds. The molecule has 126 valence electrons. The van der Waals surface area contributed by atoms with Crippen LogP contribution in [0.5, 0.6) is 0 Å². The molecule has 1 aromatic carbocycles. The maximum atomic E-state index is 13.1. The second kappa shape index (κ2) is 6.48. The fourth-order valence-corrected chi connectivity index (χ4v) is 4.33. The summed E-state index contributed by atoms with van der Waals surface area (Å²) in [6.07, 6.45) is 6.27. The van der Waals surface area contributed by atoms with E-state index in [1.165, 1.54) is 12.8 Å². The van der Waals surface area contributed by atoms with E-state index in [4.69, 9.17) is 0 Å². The standard InChI is InChI=1S/C19H24N4O/c1-2-22-11-5-9-17(22)18-10-6-12-23(18)19(24)16-13-20-14-7-3-4-8-15(14)21-16/h3-4,7-8,13,17-18H,2,5-6,9-12H2,1H3/t17-,18+/m0/s1. The van der Waals surface area contributed by atoms with Crippen molar-refractivity contribution in [3.05, 3.63) is 36.2 Å². The second-order valence-corrected chi connectivity index (χ2v) is 6.79. The smallest absolute Gasteiger partial charge is 0.274 e. The summed E-state index contributed by atoms with van der Waals surface area (Å²) in [5.74, 6) is 0.0405. The van der Waals surface area contributed by atoms with E-state index in [0.29, 0.717) is 17.8 Å². The number of rotatable bonds is 3. The number of fused-ring (bicyclic) bond motifs is 1. The van der Waals surface area contributed by atoms with Crippen molar-refractivity contribution in [3.8, 4) is 0 Å². The molecule has 5 heteroatoms. The van der Waals surface area contributed by atoms with Gasteiger partial charge in [0.05, 0.1) is 17.2 Å². The molecule has 5 nitrogen and oxygen atoms in total. The Morgan fingerprint density at radius 2 is 1.88 bits per heavy atom. The normalized spacial score (nSPS) is 24.8. The van der Waals surface area contributed by atoms with Crippen molar-refractivity contribution in [2.24, 2.45) is 0 Å². The molecule has 1 aromatic heterocycles. The van der Waals surface area contributed by atoms with Crippen LogP contribution < -0.4 is 0 Å². The summed E-state index contributed by atoms with van der Waals surface area (Å²) in [4.78, 5) is 26.6. The minimum atomic E-state index is 0.0405. The van der Waals surface area contributed by atoms with Crippen molar-refractivity contribution >= 4 is 16.9 Å². The van der Waals surface area contributed by atoms with Crippen LogP contribution in [0.2, 0.25) is 0 Å². The molecule has 0 radical (unpaired) electrons. The minimum Gasteiger partial charge on any atom is -0.333 e. The van der Waals surface area contributed by atoms with E-state index < -0.39 is 0 Å². The van der Waals surface area contributed by atoms with Crippen molar-refractivity contribution < 1.29 is 4.79 Å². The summed E-state index contributed by atoms with van der Waals surface area (Å²) >= 11 is 0. The lowest BCUT2D eigenvalue weighted by Crippen LogP contribution is -2.48. The molecule has 0 unspecified atom stereocenters. The van der Waals surface area contributed by atoms with Gasteiger partial charge in [-0.25, -0.2) is 4.98 Å². The number of benzene rings is 1. The van der Waals surface area contributed by atoms with E-state index in [2.05, 4.69) is 26.7 Å². The fourth-order valence-electron chi connectivity index (χ4n) is 4.33. The van der Waals surface area contributed by atoms with E-state index in [1.54, 1.807) is 6.20 Å². The third-order valence-corrected chi connectivity index (χ3v) is 5.49. The molecule has 2 saturated heterocycles. The van der Waals surface area contributed by atoms with Crippen molar-refractivity contribution in [2.75, 3.05) is 19.6 Å².